The molecule has 0 aliphatic rings. The number of hydrogen-bond acceptors (Lipinski definition) is 6. The molecular weight excluding hydrogens is 478 g/mol. The summed E-state index contributed by atoms with van der Waals surface area (Å²) in [7, 11) is -4.15. The molecule has 1 unspecified atom stereocenters. The second-order valence-electron chi connectivity index (χ2n) is 5.59. The number of carbonyl (C=O) groups is 2. The third-order valence-corrected chi connectivity index (χ3v) is 5.46. The molecule has 2 rings (SSSR count). The second-order valence-corrected chi connectivity index (χ2v) is 8.22. The van der Waals surface area contributed by atoms with Gasteiger partial charge >= 0.3 is 5.97 Å². The van der Waals surface area contributed by atoms with Crippen molar-refractivity contribution >= 4 is 43.5 Å². The van der Waals surface area contributed by atoms with Crippen molar-refractivity contribution in [2.24, 2.45) is 0 Å². The Balaban J connectivity index is 1.95. The maximum atomic E-state index is 13.5. The number of anilines is 1. The van der Waals surface area contributed by atoms with E-state index in [0.717, 1.165) is 12.1 Å². The van der Waals surface area contributed by atoms with Crippen LogP contribution >= 0.6 is 15.9 Å². The number of benzene rings is 2. The average molecular weight is 493 g/mol. The lowest BCUT2D eigenvalue weighted by molar-refractivity contribution is -0.149. The van der Waals surface area contributed by atoms with Crippen LogP contribution in [-0.4, -0.2) is 44.7 Å². The molecule has 156 valence electrons. The van der Waals surface area contributed by atoms with Crippen molar-refractivity contribution in [3.05, 3.63) is 58.6 Å². The molecule has 1 atom stereocenters. The lowest BCUT2D eigenvalue weighted by atomic mass is 10.3. The smallest absolute Gasteiger partial charge is 0.327 e. The zero-order valence-corrected chi connectivity index (χ0v) is 17.0. The van der Waals surface area contributed by atoms with Gasteiger partial charge in [-0.1, -0.05) is 15.9 Å². The fraction of sp³-hybridized carbons (Fsp3) is 0.176. The minimum atomic E-state index is -4.15. The van der Waals surface area contributed by atoms with Gasteiger partial charge in [0.05, 0.1) is 17.2 Å². The molecule has 1 amide bonds. The summed E-state index contributed by atoms with van der Waals surface area (Å²) in [6.45, 7) is -1.81. The van der Waals surface area contributed by atoms with Crippen molar-refractivity contribution in [3.63, 3.8) is 0 Å². The van der Waals surface area contributed by atoms with E-state index < -0.39 is 52.8 Å². The van der Waals surface area contributed by atoms with Gasteiger partial charge in [0.2, 0.25) is 10.0 Å². The van der Waals surface area contributed by atoms with Gasteiger partial charge < -0.3 is 15.2 Å². The SMILES string of the molecule is O=C(COC(=O)C(CO)NS(=O)(=O)c1ccc(Br)cc1)Nc1ccc(F)cc1F. The van der Waals surface area contributed by atoms with E-state index in [1.165, 1.54) is 24.3 Å². The van der Waals surface area contributed by atoms with E-state index in [4.69, 9.17) is 0 Å². The summed E-state index contributed by atoms with van der Waals surface area (Å²) >= 11 is 3.16. The first-order valence-electron chi connectivity index (χ1n) is 7.92. The molecule has 0 aromatic heterocycles. The number of carbonyl (C=O) groups excluding carboxylic acids is 2. The molecule has 0 fully saturated rings. The summed E-state index contributed by atoms with van der Waals surface area (Å²) in [5.41, 5.74) is -0.331. The quantitative estimate of drug-likeness (QED) is 0.480. The topological polar surface area (TPSA) is 122 Å². The first-order chi connectivity index (χ1) is 13.6. The molecule has 3 N–H and O–H groups in total. The van der Waals surface area contributed by atoms with Crippen LogP contribution in [0.3, 0.4) is 0 Å². The Morgan fingerprint density at radius 1 is 1.14 bits per heavy atom. The number of nitrogens with one attached hydrogen (secondary N) is 2. The van der Waals surface area contributed by atoms with Crippen LogP contribution in [0.4, 0.5) is 14.5 Å². The van der Waals surface area contributed by atoms with E-state index in [9.17, 15) is 31.9 Å². The Kier molecular flexibility index (Phi) is 7.79. The monoisotopic (exact) mass is 492 g/mol. The van der Waals surface area contributed by atoms with E-state index in [-0.39, 0.29) is 10.6 Å². The van der Waals surface area contributed by atoms with E-state index in [0.29, 0.717) is 10.5 Å². The normalized spacial score (nSPS) is 12.3. The van der Waals surface area contributed by atoms with E-state index >= 15 is 0 Å². The fourth-order valence-corrected chi connectivity index (χ4v) is 3.48. The Morgan fingerprint density at radius 2 is 1.79 bits per heavy atom. The first kappa shape index (κ1) is 22.9. The zero-order valence-electron chi connectivity index (χ0n) is 14.6. The molecule has 0 aliphatic carbocycles. The van der Waals surface area contributed by atoms with Crippen molar-refractivity contribution in [1.29, 1.82) is 0 Å². The number of rotatable bonds is 8. The molecule has 29 heavy (non-hydrogen) atoms. The molecule has 12 heteroatoms. The Labute approximate surface area is 173 Å². The summed E-state index contributed by atoms with van der Waals surface area (Å²) < 4.78 is 58.1. The highest BCUT2D eigenvalue weighted by atomic mass is 79.9. The van der Waals surface area contributed by atoms with Gasteiger partial charge in [-0.25, -0.2) is 17.2 Å². The van der Waals surface area contributed by atoms with Gasteiger partial charge in [-0.15, -0.1) is 0 Å². The van der Waals surface area contributed by atoms with Gasteiger partial charge in [0.15, 0.2) is 6.61 Å². The standard InChI is InChI=1S/C17H15BrF2N2O6S/c18-10-1-4-12(5-2-10)29(26,27)22-15(8-23)17(25)28-9-16(24)21-14-6-3-11(19)7-13(14)20/h1-7,15,22-23H,8-9H2,(H,21,24). The number of halogens is 3. The number of aliphatic hydroxyl groups is 1. The minimum Gasteiger partial charge on any atom is -0.454 e. The lowest BCUT2D eigenvalue weighted by Crippen LogP contribution is -2.44. The van der Waals surface area contributed by atoms with Crippen LogP contribution in [0.25, 0.3) is 0 Å². The molecule has 2 aromatic rings. The third kappa shape index (κ3) is 6.56. The third-order valence-electron chi connectivity index (χ3n) is 3.44. The first-order valence-corrected chi connectivity index (χ1v) is 10.2. The maximum Gasteiger partial charge on any atom is 0.327 e. The van der Waals surface area contributed by atoms with Gasteiger partial charge in [-0.2, -0.15) is 4.72 Å². The minimum absolute atomic E-state index is 0.156. The molecular formula is C17H15BrF2N2O6S. The number of aliphatic hydroxyl groups excluding tert-OH is 1. The highest BCUT2D eigenvalue weighted by Crippen LogP contribution is 2.16. The fourth-order valence-electron chi connectivity index (χ4n) is 2.04. The van der Waals surface area contributed by atoms with Crippen LogP contribution in [0, 0.1) is 11.6 Å². The van der Waals surface area contributed by atoms with Crippen molar-refractivity contribution in [2.75, 3.05) is 18.5 Å². The van der Waals surface area contributed by atoms with Gasteiger partial charge in [0.1, 0.15) is 17.7 Å². The average Bonchev–Trinajstić information content (AvgIpc) is 2.66. The van der Waals surface area contributed by atoms with Crippen LogP contribution in [0.5, 0.6) is 0 Å². The predicted octanol–water partition coefficient (Wildman–Crippen LogP) is 1.55. The summed E-state index contributed by atoms with van der Waals surface area (Å²) in [6.07, 6.45) is 0. The van der Waals surface area contributed by atoms with Gasteiger partial charge in [0.25, 0.3) is 5.91 Å². The van der Waals surface area contributed by atoms with Crippen LogP contribution in [0.2, 0.25) is 0 Å². The van der Waals surface area contributed by atoms with Gasteiger partial charge in [-0.3, -0.25) is 9.59 Å². The summed E-state index contributed by atoms with van der Waals surface area (Å²) in [6, 6.07) is 6.28. The summed E-state index contributed by atoms with van der Waals surface area (Å²) in [5.74, 6) is -4.03. The Morgan fingerprint density at radius 3 is 2.38 bits per heavy atom. The van der Waals surface area contributed by atoms with Crippen LogP contribution in [0.15, 0.2) is 51.8 Å². The van der Waals surface area contributed by atoms with E-state index in [1.54, 1.807) is 0 Å². The molecule has 0 bridgehead atoms. The molecule has 0 spiro atoms. The van der Waals surface area contributed by atoms with Crippen LogP contribution in [-0.2, 0) is 24.3 Å². The van der Waals surface area contributed by atoms with Crippen molar-refractivity contribution < 1.29 is 36.6 Å². The van der Waals surface area contributed by atoms with Crippen molar-refractivity contribution in [2.45, 2.75) is 10.9 Å². The number of amides is 1. The lowest BCUT2D eigenvalue weighted by Gasteiger charge is -2.15. The zero-order chi connectivity index (χ0) is 21.6. The maximum absolute atomic E-state index is 13.5. The Bertz CT molecular complexity index is 1000. The second kappa shape index (κ2) is 9.87. The molecule has 0 aliphatic heterocycles. The molecule has 0 saturated heterocycles. The predicted molar refractivity (Wildman–Crippen MR) is 101 cm³/mol. The van der Waals surface area contributed by atoms with Crippen LogP contribution < -0.4 is 10.0 Å². The highest BCUT2D eigenvalue weighted by Gasteiger charge is 2.27. The van der Waals surface area contributed by atoms with Crippen LogP contribution in [0.1, 0.15) is 0 Å². The molecule has 2 aromatic carbocycles. The summed E-state index contributed by atoms with van der Waals surface area (Å²) in [4.78, 5) is 23.6. The number of hydrogen-bond donors (Lipinski definition) is 3. The van der Waals surface area contributed by atoms with Crippen molar-refractivity contribution in [3.8, 4) is 0 Å². The number of ether oxygens (including phenoxy) is 1. The van der Waals surface area contributed by atoms with Gasteiger partial charge in [-0.05, 0) is 36.4 Å². The number of esters is 1. The van der Waals surface area contributed by atoms with Gasteiger partial charge in [0, 0.05) is 10.5 Å². The molecule has 8 nitrogen and oxygen atoms in total. The number of sulfonamides is 1. The van der Waals surface area contributed by atoms with Crippen molar-refractivity contribution in [1.82, 2.24) is 4.72 Å². The summed E-state index contributed by atoms with van der Waals surface area (Å²) in [5, 5.41) is 11.4. The highest BCUT2D eigenvalue weighted by molar-refractivity contribution is 9.10. The molecule has 0 heterocycles. The van der Waals surface area contributed by atoms with E-state index in [2.05, 4.69) is 26.0 Å². The van der Waals surface area contributed by atoms with E-state index in [1.807, 2.05) is 4.72 Å². The Hall–Kier alpha value is -2.41. The largest absolute Gasteiger partial charge is 0.454 e. The molecule has 0 radical (unpaired) electrons. The molecule has 0 saturated carbocycles.